The van der Waals surface area contributed by atoms with E-state index in [2.05, 4.69) is 0 Å². The van der Waals surface area contributed by atoms with E-state index in [-0.39, 0.29) is 11.9 Å². The van der Waals surface area contributed by atoms with Gasteiger partial charge in [-0.3, -0.25) is 0 Å². The summed E-state index contributed by atoms with van der Waals surface area (Å²) in [6.07, 6.45) is 1.28. The molecule has 1 heterocycles. The highest BCUT2D eigenvalue weighted by Crippen LogP contribution is 2.24. The van der Waals surface area contributed by atoms with Gasteiger partial charge in [-0.05, 0) is 42.3 Å². The van der Waals surface area contributed by atoms with E-state index in [4.69, 9.17) is 21.8 Å². The lowest BCUT2D eigenvalue weighted by Crippen LogP contribution is -2.12. The van der Waals surface area contributed by atoms with Crippen LogP contribution in [0.15, 0.2) is 34.7 Å². The molecule has 0 saturated carbocycles. The van der Waals surface area contributed by atoms with Gasteiger partial charge in [-0.25, -0.2) is 4.39 Å². The minimum atomic E-state index is -0.315. The van der Waals surface area contributed by atoms with Crippen molar-refractivity contribution in [2.45, 2.75) is 25.8 Å². The Morgan fingerprint density at radius 2 is 2.11 bits per heavy atom. The van der Waals surface area contributed by atoms with Crippen LogP contribution >= 0.6 is 11.6 Å². The number of nitrogens with two attached hydrogens (primary N) is 1. The molecule has 0 aliphatic carbocycles. The molecule has 1 atom stereocenters. The molecular weight excluding hydrogens is 253 g/mol. The van der Waals surface area contributed by atoms with Crippen molar-refractivity contribution in [3.63, 3.8) is 0 Å². The van der Waals surface area contributed by atoms with Crippen molar-refractivity contribution in [1.82, 2.24) is 0 Å². The van der Waals surface area contributed by atoms with Gasteiger partial charge in [-0.15, -0.1) is 0 Å². The van der Waals surface area contributed by atoms with E-state index in [1.54, 1.807) is 6.07 Å². The number of hydrogen-bond acceptors (Lipinski definition) is 2. The summed E-state index contributed by atoms with van der Waals surface area (Å²) >= 11 is 6.01. The summed E-state index contributed by atoms with van der Waals surface area (Å²) in [6, 6.07) is 7.73. The Kier molecular flexibility index (Phi) is 4.04. The largest absolute Gasteiger partial charge is 0.464 e. The Hall–Kier alpha value is -1.32. The summed E-state index contributed by atoms with van der Waals surface area (Å²) in [4.78, 5) is 0. The van der Waals surface area contributed by atoms with E-state index in [0.29, 0.717) is 22.8 Å². The van der Waals surface area contributed by atoms with Gasteiger partial charge in [-0.2, -0.15) is 0 Å². The van der Waals surface area contributed by atoms with E-state index in [9.17, 15) is 4.39 Å². The quantitative estimate of drug-likeness (QED) is 0.913. The molecule has 0 amide bonds. The molecular formula is C14H15ClFNO. The molecule has 1 unspecified atom stereocenters. The summed E-state index contributed by atoms with van der Waals surface area (Å²) < 4.78 is 18.7. The predicted molar refractivity (Wildman–Crippen MR) is 70.1 cm³/mol. The van der Waals surface area contributed by atoms with Gasteiger partial charge in [0.2, 0.25) is 0 Å². The fourth-order valence-electron chi connectivity index (χ4n) is 1.82. The normalized spacial score (nSPS) is 12.7. The molecule has 96 valence electrons. The summed E-state index contributed by atoms with van der Waals surface area (Å²) in [6.45, 7) is 2.01. The van der Waals surface area contributed by atoms with Crippen molar-refractivity contribution in [2.24, 2.45) is 5.73 Å². The first kappa shape index (κ1) is 13.1. The number of hydrogen-bond donors (Lipinski definition) is 1. The fourth-order valence-corrected chi connectivity index (χ4v) is 2.02. The van der Waals surface area contributed by atoms with Gasteiger partial charge in [0.25, 0.3) is 0 Å². The third kappa shape index (κ3) is 2.92. The molecule has 0 spiro atoms. The maximum Gasteiger partial charge on any atom is 0.123 e. The van der Waals surface area contributed by atoms with Crippen LogP contribution in [0.3, 0.4) is 0 Å². The van der Waals surface area contributed by atoms with Crippen molar-refractivity contribution < 1.29 is 8.81 Å². The maximum absolute atomic E-state index is 13.1. The third-order valence-electron chi connectivity index (χ3n) is 2.84. The topological polar surface area (TPSA) is 39.2 Å². The van der Waals surface area contributed by atoms with Crippen LogP contribution in [0.5, 0.6) is 0 Å². The van der Waals surface area contributed by atoms with Crippen LogP contribution < -0.4 is 5.73 Å². The number of furan rings is 1. The molecule has 0 radical (unpaired) electrons. The van der Waals surface area contributed by atoms with Crippen LogP contribution in [0.1, 0.15) is 30.0 Å². The van der Waals surface area contributed by atoms with Crippen LogP contribution in [-0.2, 0) is 12.8 Å². The first-order valence-electron chi connectivity index (χ1n) is 5.88. The van der Waals surface area contributed by atoms with Gasteiger partial charge in [-0.1, -0.05) is 18.5 Å². The first-order valence-corrected chi connectivity index (χ1v) is 6.26. The van der Waals surface area contributed by atoms with Crippen LogP contribution in [0.4, 0.5) is 4.39 Å². The molecule has 0 saturated heterocycles. The van der Waals surface area contributed by atoms with Gasteiger partial charge in [0.1, 0.15) is 17.3 Å². The number of halogens is 2. The molecule has 1 aromatic carbocycles. The van der Waals surface area contributed by atoms with Gasteiger partial charge >= 0.3 is 0 Å². The lowest BCUT2D eigenvalue weighted by atomic mass is 10.0. The Labute approximate surface area is 111 Å². The molecule has 0 aliphatic rings. The van der Waals surface area contributed by atoms with E-state index in [1.807, 2.05) is 19.1 Å². The van der Waals surface area contributed by atoms with Crippen molar-refractivity contribution in [3.05, 3.63) is 58.3 Å². The fraction of sp³-hybridized carbons (Fsp3) is 0.286. The Bertz CT molecular complexity index is 538. The molecule has 0 aliphatic heterocycles. The zero-order valence-corrected chi connectivity index (χ0v) is 10.9. The molecule has 4 heteroatoms. The number of aryl methyl sites for hydroxylation is 1. The molecule has 2 rings (SSSR count). The Balaban J connectivity index is 2.15. The van der Waals surface area contributed by atoms with E-state index < -0.39 is 0 Å². The van der Waals surface area contributed by atoms with Crippen LogP contribution in [0.2, 0.25) is 5.02 Å². The summed E-state index contributed by atoms with van der Waals surface area (Å²) in [5, 5.41) is 0.522. The molecule has 18 heavy (non-hydrogen) atoms. The monoisotopic (exact) mass is 267 g/mol. The lowest BCUT2D eigenvalue weighted by Gasteiger charge is -2.10. The van der Waals surface area contributed by atoms with Gasteiger partial charge in [0, 0.05) is 11.4 Å². The molecule has 2 N–H and O–H groups in total. The highest BCUT2D eigenvalue weighted by Gasteiger charge is 2.13. The lowest BCUT2D eigenvalue weighted by molar-refractivity contribution is 0.434. The Morgan fingerprint density at radius 1 is 1.33 bits per heavy atom. The molecule has 0 bridgehead atoms. The van der Waals surface area contributed by atoms with Gasteiger partial charge in [0.15, 0.2) is 0 Å². The van der Waals surface area contributed by atoms with Crippen molar-refractivity contribution >= 4 is 11.6 Å². The second kappa shape index (κ2) is 5.55. The van der Waals surface area contributed by atoms with Crippen LogP contribution in [-0.4, -0.2) is 0 Å². The maximum atomic E-state index is 13.1. The summed E-state index contributed by atoms with van der Waals surface area (Å²) in [5.74, 6) is 1.29. The smallest absolute Gasteiger partial charge is 0.123 e. The minimum absolute atomic E-state index is 0.310. The van der Waals surface area contributed by atoms with Crippen molar-refractivity contribution in [2.75, 3.05) is 0 Å². The standard InChI is InChI=1S/C14H15ClFNO/c1-2-11-4-6-14(18-11)13(17)8-9-7-10(16)3-5-12(9)15/h3-7,13H,2,8,17H2,1H3. The van der Waals surface area contributed by atoms with E-state index in [0.717, 1.165) is 12.2 Å². The van der Waals surface area contributed by atoms with E-state index in [1.165, 1.54) is 12.1 Å². The van der Waals surface area contributed by atoms with Crippen molar-refractivity contribution in [1.29, 1.82) is 0 Å². The second-order valence-electron chi connectivity index (χ2n) is 4.20. The molecule has 2 nitrogen and oxygen atoms in total. The third-order valence-corrected chi connectivity index (χ3v) is 3.21. The highest BCUT2D eigenvalue weighted by atomic mass is 35.5. The Morgan fingerprint density at radius 3 is 2.78 bits per heavy atom. The van der Waals surface area contributed by atoms with Crippen molar-refractivity contribution in [3.8, 4) is 0 Å². The second-order valence-corrected chi connectivity index (χ2v) is 4.61. The zero-order chi connectivity index (χ0) is 13.1. The SMILES string of the molecule is CCc1ccc(C(N)Cc2cc(F)ccc2Cl)o1. The van der Waals surface area contributed by atoms with Gasteiger partial charge in [0.05, 0.1) is 6.04 Å². The molecule has 1 aromatic heterocycles. The highest BCUT2D eigenvalue weighted by molar-refractivity contribution is 6.31. The number of rotatable bonds is 4. The molecule has 0 fully saturated rings. The summed E-state index contributed by atoms with van der Waals surface area (Å²) in [7, 11) is 0. The zero-order valence-electron chi connectivity index (χ0n) is 10.1. The van der Waals surface area contributed by atoms with Crippen LogP contribution in [0, 0.1) is 5.82 Å². The average Bonchev–Trinajstić information content (AvgIpc) is 2.82. The minimum Gasteiger partial charge on any atom is -0.464 e. The van der Waals surface area contributed by atoms with Gasteiger partial charge < -0.3 is 10.2 Å². The van der Waals surface area contributed by atoms with Crippen LogP contribution in [0.25, 0.3) is 0 Å². The van der Waals surface area contributed by atoms with E-state index >= 15 is 0 Å². The summed E-state index contributed by atoms with van der Waals surface area (Å²) in [5.41, 5.74) is 6.73. The number of benzene rings is 1. The first-order chi connectivity index (χ1) is 8.60. The molecule has 2 aromatic rings. The average molecular weight is 268 g/mol. The predicted octanol–water partition coefficient (Wildman–Crippen LogP) is 3.88.